The molecule has 0 nitrogen and oxygen atoms in total. The van der Waals surface area contributed by atoms with E-state index in [0.29, 0.717) is 11.8 Å². The molecule has 4 heteroatoms. The quantitative estimate of drug-likeness (QED) is 0.304. The predicted molar refractivity (Wildman–Crippen MR) is 47.8 cm³/mol. The molecule has 0 fully saturated rings. The van der Waals surface area contributed by atoms with E-state index in [4.69, 9.17) is 0 Å². The number of hydrogen-bond donors (Lipinski definition) is 0. The third-order valence-corrected chi connectivity index (χ3v) is 2.00. The average Bonchev–Trinajstić information content (AvgIpc) is 2.60. The van der Waals surface area contributed by atoms with Crippen molar-refractivity contribution in [3.8, 4) is 0 Å². The second-order valence-corrected chi connectivity index (χ2v) is 2.89. The van der Waals surface area contributed by atoms with Crippen LogP contribution in [-0.2, 0) is 25.8 Å². The Morgan fingerprint density at radius 3 is 1.13 bits per heavy atom. The maximum atomic E-state index is 2.33. The maximum Gasteiger partial charge on any atom is 4.00 e. The van der Waals surface area contributed by atoms with Crippen molar-refractivity contribution in [3.63, 3.8) is 0 Å². The summed E-state index contributed by atoms with van der Waals surface area (Å²) in [6.45, 7) is 0. The van der Waals surface area contributed by atoms with Gasteiger partial charge in [0, 0.05) is 0 Å². The summed E-state index contributed by atoms with van der Waals surface area (Å²) in [5.74, 6) is 1.10. The van der Waals surface area contributed by atoms with Crippen LogP contribution in [0, 0.1) is 18.3 Å². The monoisotopic (exact) mass is 428 g/mol. The van der Waals surface area contributed by atoms with E-state index in [9.17, 15) is 0 Å². The molecule has 0 unspecified atom stereocenters. The molecule has 0 aromatic heterocycles. The van der Waals surface area contributed by atoms with Crippen LogP contribution in [0.2, 0.25) is 0 Å². The van der Waals surface area contributed by atoms with Gasteiger partial charge in [0.25, 0.3) is 0 Å². The van der Waals surface area contributed by atoms with E-state index in [-0.39, 0.29) is 63.1 Å². The zero-order valence-electron chi connectivity index (χ0n) is 7.98. The largest absolute Gasteiger partial charge is 4.00 e. The van der Waals surface area contributed by atoms with Gasteiger partial charge in [0.1, 0.15) is 0 Å². The van der Waals surface area contributed by atoms with Crippen molar-refractivity contribution in [2.45, 2.75) is 0 Å². The Kier molecular flexibility index (Phi) is 15.7. The van der Waals surface area contributed by atoms with Crippen molar-refractivity contribution in [3.05, 3.63) is 55.0 Å². The van der Waals surface area contributed by atoms with Crippen LogP contribution in [0.25, 0.3) is 0 Å². The Labute approximate surface area is 129 Å². The maximum absolute atomic E-state index is 2.33. The van der Waals surface area contributed by atoms with E-state index in [0.717, 1.165) is 0 Å². The summed E-state index contributed by atoms with van der Waals surface area (Å²) >= 11 is 0. The van der Waals surface area contributed by atoms with E-state index >= 15 is 0 Å². The molecule has 0 saturated heterocycles. The third-order valence-electron chi connectivity index (χ3n) is 2.00. The van der Waals surface area contributed by atoms with Crippen LogP contribution in [0.1, 0.15) is 0 Å². The minimum absolute atomic E-state index is 0. The van der Waals surface area contributed by atoms with Crippen molar-refractivity contribution in [2.75, 3.05) is 0 Å². The van der Waals surface area contributed by atoms with Gasteiger partial charge < -0.3 is 43.6 Å². The van der Waals surface area contributed by atoms with E-state index in [1.165, 1.54) is 0 Å². The number of rotatable bonds is 2. The smallest absolute Gasteiger partial charge is 1.00 e. The molecule has 0 aromatic rings. The molecule has 0 heterocycles. The SMILES string of the molecule is C1=CC([CH-]C2C=CC=C2)C=C1.[Cl-].[Cl-].[Cl-].[Hf+4]. The van der Waals surface area contributed by atoms with Gasteiger partial charge in [-0.05, 0) is 0 Å². The molecule has 0 bridgehead atoms. The van der Waals surface area contributed by atoms with Crippen molar-refractivity contribution in [1.82, 2.24) is 0 Å². The summed E-state index contributed by atoms with van der Waals surface area (Å²) in [6.07, 6.45) is 19.6. The van der Waals surface area contributed by atoms with Crippen LogP contribution in [0.4, 0.5) is 0 Å². The summed E-state index contributed by atoms with van der Waals surface area (Å²) in [5, 5.41) is 0. The topological polar surface area (TPSA) is 0 Å². The van der Waals surface area contributed by atoms with Crippen LogP contribution in [0.3, 0.4) is 0 Å². The zero-order chi connectivity index (χ0) is 7.52. The molecule has 15 heavy (non-hydrogen) atoms. The first-order chi connectivity index (χ1) is 5.45. The first-order valence-corrected chi connectivity index (χ1v) is 4.00. The molecule has 80 valence electrons. The van der Waals surface area contributed by atoms with Crippen LogP contribution >= 0.6 is 0 Å². The molecule has 0 atom stereocenters. The fourth-order valence-corrected chi connectivity index (χ4v) is 1.41. The molecule has 0 spiro atoms. The summed E-state index contributed by atoms with van der Waals surface area (Å²) < 4.78 is 0. The fourth-order valence-electron chi connectivity index (χ4n) is 1.41. The van der Waals surface area contributed by atoms with E-state index in [1.54, 1.807) is 0 Å². The molecule has 0 aromatic carbocycles. The molecule has 2 aliphatic rings. The standard InChI is InChI=1S/C11H11.3ClH.Hf/c1-2-6-10(5-1)9-11-7-3-4-8-11;;;;/h1-11H;3*1H;/q-1;;;;+4/p-3. The van der Waals surface area contributed by atoms with E-state index < -0.39 is 0 Å². The van der Waals surface area contributed by atoms with Gasteiger partial charge in [-0.1, -0.05) is 24.3 Å². The van der Waals surface area contributed by atoms with Gasteiger partial charge >= 0.3 is 25.8 Å². The second-order valence-electron chi connectivity index (χ2n) is 2.89. The predicted octanol–water partition coefficient (Wildman–Crippen LogP) is -6.32. The number of halogens is 3. The average molecular weight is 428 g/mol. The normalized spacial score (nSPS) is 16.5. The molecule has 0 aliphatic heterocycles. The molecular weight excluding hydrogens is 417 g/mol. The van der Waals surface area contributed by atoms with Crippen LogP contribution in [0.5, 0.6) is 0 Å². The molecule has 2 aliphatic carbocycles. The zero-order valence-corrected chi connectivity index (χ0v) is 13.8. The first-order valence-electron chi connectivity index (χ1n) is 4.00. The van der Waals surface area contributed by atoms with E-state index in [1.807, 2.05) is 0 Å². The van der Waals surface area contributed by atoms with Crippen molar-refractivity contribution < 1.29 is 63.1 Å². The first kappa shape index (κ1) is 21.0. The van der Waals surface area contributed by atoms with Crippen molar-refractivity contribution in [1.29, 1.82) is 0 Å². The number of hydrogen-bond acceptors (Lipinski definition) is 0. The summed E-state index contributed by atoms with van der Waals surface area (Å²) in [6, 6.07) is 0. The van der Waals surface area contributed by atoms with Gasteiger partial charge in [-0.2, -0.15) is 0 Å². The van der Waals surface area contributed by atoms with Crippen molar-refractivity contribution in [2.24, 2.45) is 11.8 Å². The minimum atomic E-state index is 0. The summed E-state index contributed by atoms with van der Waals surface area (Å²) in [4.78, 5) is 0. The Hall–Kier alpha value is 0.700. The van der Waals surface area contributed by atoms with Crippen LogP contribution in [0.15, 0.2) is 48.6 Å². The molecular formula is C11H11Cl3Hf. The number of allylic oxidation sites excluding steroid dienone is 8. The van der Waals surface area contributed by atoms with E-state index in [2.05, 4.69) is 55.0 Å². The Balaban J connectivity index is -0.000000360. The van der Waals surface area contributed by atoms with Gasteiger partial charge in [-0.25, -0.2) is 0 Å². The molecule has 0 radical (unpaired) electrons. The summed E-state index contributed by atoms with van der Waals surface area (Å²) in [5.41, 5.74) is 0. The van der Waals surface area contributed by atoms with Crippen molar-refractivity contribution >= 4 is 0 Å². The third kappa shape index (κ3) is 6.78. The molecule has 0 amide bonds. The van der Waals surface area contributed by atoms with Gasteiger partial charge in [-0.3, -0.25) is 0 Å². The minimum Gasteiger partial charge on any atom is -1.00 e. The molecule has 0 saturated carbocycles. The van der Waals surface area contributed by atoms with Gasteiger partial charge in [-0.15, -0.1) is 36.1 Å². The van der Waals surface area contributed by atoms with Gasteiger partial charge in [0.05, 0.1) is 0 Å². The van der Waals surface area contributed by atoms with Gasteiger partial charge in [0.2, 0.25) is 0 Å². The van der Waals surface area contributed by atoms with Crippen LogP contribution < -0.4 is 37.2 Å². The molecule has 0 N–H and O–H groups in total. The summed E-state index contributed by atoms with van der Waals surface area (Å²) in [7, 11) is 0. The van der Waals surface area contributed by atoms with Crippen LogP contribution in [-0.4, -0.2) is 0 Å². The fraction of sp³-hybridized carbons (Fsp3) is 0.182. The second kappa shape index (κ2) is 11.2. The Morgan fingerprint density at radius 1 is 0.600 bits per heavy atom. The Morgan fingerprint density at radius 2 is 0.867 bits per heavy atom. The van der Waals surface area contributed by atoms with Gasteiger partial charge in [0.15, 0.2) is 0 Å². The Bertz CT molecular complexity index is 207. The molecule has 2 rings (SSSR count).